The van der Waals surface area contributed by atoms with Gasteiger partial charge in [-0.1, -0.05) is 13.8 Å². The fourth-order valence-corrected chi connectivity index (χ4v) is 3.52. The second kappa shape index (κ2) is 6.74. The van der Waals surface area contributed by atoms with E-state index in [1.165, 1.54) is 0 Å². The molecule has 1 aliphatic rings. The molecule has 0 atom stereocenters. The Bertz CT molecular complexity index is 533. The molecule has 2 rings (SSSR count). The third-order valence-electron chi connectivity index (χ3n) is 3.37. The number of rotatable bonds is 9. The second-order valence-electron chi connectivity index (χ2n) is 5.43. The van der Waals surface area contributed by atoms with Crippen LogP contribution >= 0.6 is 0 Å². The number of aryl methyl sites for hydroxylation is 1. The fourth-order valence-electron chi connectivity index (χ4n) is 2.15. The molecule has 20 heavy (non-hydrogen) atoms. The van der Waals surface area contributed by atoms with Gasteiger partial charge in [0, 0.05) is 31.0 Å². The van der Waals surface area contributed by atoms with E-state index in [4.69, 9.17) is 0 Å². The maximum absolute atomic E-state index is 12.2. The molecule has 1 saturated carbocycles. The first-order chi connectivity index (χ1) is 9.56. The van der Waals surface area contributed by atoms with E-state index in [1.54, 1.807) is 12.3 Å². The molecular weight excluding hydrogens is 274 g/mol. The van der Waals surface area contributed by atoms with Gasteiger partial charge in [0.25, 0.3) is 0 Å². The first-order valence-electron chi connectivity index (χ1n) is 7.49. The zero-order valence-electron chi connectivity index (χ0n) is 12.4. The van der Waals surface area contributed by atoms with Crippen LogP contribution < -0.4 is 10.0 Å². The fraction of sp³-hybridized carbons (Fsp3) is 0.714. The number of hydrogen-bond donors (Lipinski definition) is 2. The predicted molar refractivity (Wildman–Crippen MR) is 80.1 cm³/mol. The van der Waals surface area contributed by atoms with Crippen LogP contribution in [0.3, 0.4) is 0 Å². The van der Waals surface area contributed by atoms with Gasteiger partial charge in [-0.15, -0.1) is 0 Å². The molecule has 1 aromatic rings. The molecule has 1 aliphatic carbocycles. The molecular formula is C14H25N3O2S. The van der Waals surface area contributed by atoms with Crippen LogP contribution in [0, 0.1) is 0 Å². The molecule has 1 fully saturated rings. The lowest BCUT2D eigenvalue weighted by Crippen LogP contribution is -2.25. The van der Waals surface area contributed by atoms with Crippen molar-refractivity contribution in [2.75, 3.05) is 6.54 Å². The maximum Gasteiger partial charge on any atom is 0.242 e. The molecule has 0 spiro atoms. The van der Waals surface area contributed by atoms with Crippen molar-refractivity contribution >= 4 is 10.0 Å². The van der Waals surface area contributed by atoms with Crippen molar-refractivity contribution in [2.45, 2.75) is 63.6 Å². The lowest BCUT2D eigenvalue weighted by molar-refractivity contribution is 0.579. The molecule has 0 radical (unpaired) electrons. The molecule has 0 aromatic carbocycles. The minimum Gasteiger partial charge on any atom is -0.349 e. The third kappa shape index (κ3) is 4.07. The summed E-state index contributed by atoms with van der Waals surface area (Å²) >= 11 is 0. The highest BCUT2D eigenvalue weighted by Gasteiger charge is 2.28. The summed E-state index contributed by atoms with van der Waals surface area (Å²) in [5.41, 5.74) is 1.04. The molecule has 0 bridgehead atoms. The zero-order valence-corrected chi connectivity index (χ0v) is 13.2. The van der Waals surface area contributed by atoms with Crippen molar-refractivity contribution in [2.24, 2.45) is 0 Å². The van der Waals surface area contributed by atoms with E-state index in [-0.39, 0.29) is 6.04 Å². The number of hydrogen-bond acceptors (Lipinski definition) is 3. The highest BCUT2D eigenvalue weighted by Crippen LogP contribution is 2.23. The summed E-state index contributed by atoms with van der Waals surface area (Å²) < 4.78 is 29.3. The lowest BCUT2D eigenvalue weighted by atomic mass is 10.4. The van der Waals surface area contributed by atoms with Gasteiger partial charge in [0.2, 0.25) is 10.0 Å². The Balaban J connectivity index is 2.14. The van der Waals surface area contributed by atoms with Crippen molar-refractivity contribution in [1.82, 2.24) is 14.6 Å². The molecule has 6 heteroatoms. The smallest absolute Gasteiger partial charge is 0.242 e. The summed E-state index contributed by atoms with van der Waals surface area (Å²) in [7, 11) is -3.35. The Labute approximate surface area is 121 Å². The zero-order chi connectivity index (χ0) is 14.6. The first kappa shape index (κ1) is 15.5. The Morgan fingerprint density at radius 1 is 1.30 bits per heavy atom. The summed E-state index contributed by atoms with van der Waals surface area (Å²) in [6.07, 6.45) is 5.74. The Kier molecular flexibility index (Phi) is 5.23. The van der Waals surface area contributed by atoms with Gasteiger partial charge in [0.05, 0.1) is 4.90 Å². The summed E-state index contributed by atoms with van der Waals surface area (Å²) in [6, 6.07) is 1.94. The van der Waals surface area contributed by atoms with E-state index in [0.29, 0.717) is 11.4 Å². The quantitative estimate of drug-likeness (QED) is 0.684. The average molecular weight is 299 g/mol. The number of aromatic nitrogens is 1. The predicted octanol–water partition coefficient (Wildman–Crippen LogP) is 1.84. The highest BCUT2D eigenvalue weighted by atomic mass is 32.2. The van der Waals surface area contributed by atoms with Crippen LogP contribution in [0.2, 0.25) is 0 Å². The summed E-state index contributed by atoms with van der Waals surface area (Å²) in [5, 5.41) is 3.33. The Morgan fingerprint density at radius 3 is 2.65 bits per heavy atom. The molecule has 114 valence electrons. The van der Waals surface area contributed by atoms with E-state index in [1.807, 2.05) is 4.57 Å². The largest absolute Gasteiger partial charge is 0.349 e. The van der Waals surface area contributed by atoms with Gasteiger partial charge in [0.15, 0.2) is 0 Å². The highest BCUT2D eigenvalue weighted by molar-refractivity contribution is 7.89. The molecule has 0 unspecified atom stereocenters. The van der Waals surface area contributed by atoms with Gasteiger partial charge in [-0.3, -0.25) is 0 Å². The Hall–Kier alpha value is -0.850. The minimum atomic E-state index is -3.35. The van der Waals surface area contributed by atoms with E-state index in [9.17, 15) is 8.42 Å². The lowest BCUT2D eigenvalue weighted by Gasteiger charge is -2.08. The molecule has 1 aromatic heterocycles. The van der Waals surface area contributed by atoms with E-state index in [2.05, 4.69) is 23.9 Å². The molecule has 0 saturated heterocycles. The van der Waals surface area contributed by atoms with Crippen molar-refractivity contribution in [1.29, 1.82) is 0 Å². The number of nitrogens with zero attached hydrogens (tertiary/aromatic N) is 1. The SMILES string of the molecule is CCCNCc1cc(S(=O)(=O)NC2CC2)cn1CCC. The van der Waals surface area contributed by atoms with Crippen LogP contribution in [-0.2, 0) is 23.1 Å². The van der Waals surface area contributed by atoms with Gasteiger partial charge in [-0.2, -0.15) is 0 Å². The van der Waals surface area contributed by atoms with Crippen molar-refractivity contribution in [3.8, 4) is 0 Å². The summed E-state index contributed by atoms with van der Waals surface area (Å²) in [4.78, 5) is 0.395. The molecule has 5 nitrogen and oxygen atoms in total. The van der Waals surface area contributed by atoms with Gasteiger partial charge in [0.1, 0.15) is 0 Å². The van der Waals surface area contributed by atoms with Gasteiger partial charge >= 0.3 is 0 Å². The third-order valence-corrected chi connectivity index (χ3v) is 4.86. The van der Waals surface area contributed by atoms with Crippen LogP contribution in [-0.4, -0.2) is 25.6 Å². The van der Waals surface area contributed by atoms with Crippen LogP contribution in [0.5, 0.6) is 0 Å². The van der Waals surface area contributed by atoms with E-state index < -0.39 is 10.0 Å². The van der Waals surface area contributed by atoms with Crippen molar-refractivity contribution in [3.05, 3.63) is 18.0 Å². The molecule has 0 amide bonds. The van der Waals surface area contributed by atoms with Crippen molar-refractivity contribution < 1.29 is 8.42 Å². The maximum atomic E-state index is 12.2. The van der Waals surface area contributed by atoms with Crippen LogP contribution in [0.25, 0.3) is 0 Å². The number of sulfonamides is 1. The van der Waals surface area contributed by atoms with Gasteiger partial charge in [-0.25, -0.2) is 13.1 Å². The van der Waals surface area contributed by atoms with Crippen LogP contribution in [0.1, 0.15) is 45.2 Å². The summed E-state index contributed by atoms with van der Waals surface area (Å²) in [5.74, 6) is 0. The molecule has 2 N–H and O–H groups in total. The van der Waals surface area contributed by atoms with Crippen molar-refractivity contribution in [3.63, 3.8) is 0 Å². The Morgan fingerprint density at radius 2 is 2.05 bits per heavy atom. The topological polar surface area (TPSA) is 63.1 Å². The second-order valence-corrected chi connectivity index (χ2v) is 7.15. The molecule has 1 heterocycles. The first-order valence-corrected chi connectivity index (χ1v) is 8.97. The van der Waals surface area contributed by atoms with Gasteiger partial charge in [-0.05, 0) is 38.3 Å². The van der Waals surface area contributed by atoms with E-state index >= 15 is 0 Å². The monoisotopic (exact) mass is 299 g/mol. The standard InChI is InChI=1S/C14H25N3O2S/c1-3-7-15-10-13-9-14(11-17(13)8-4-2)20(18,19)16-12-5-6-12/h9,11-12,15-16H,3-8,10H2,1-2H3. The summed E-state index contributed by atoms with van der Waals surface area (Å²) in [6.45, 7) is 6.72. The molecule has 0 aliphatic heterocycles. The van der Waals surface area contributed by atoms with Crippen LogP contribution in [0.4, 0.5) is 0 Å². The number of nitrogens with one attached hydrogen (secondary N) is 2. The van der Waals surface area contributed by atoms with Gasteiger partial charge < -0.3 is 9.88 Å². The van der Waals surface area contributed by atoms with Crippen LogP contribution in [0.15, 0.2) is 17.2 Å². The van der Waals surface area contributed by atoms with E-state index in [0.717, 1.165) is 44.5 Å². The average Bonchev–Trinajstić information content (AvgIpc) is 3.09. The normalized spacial score (nSPS) is 15.7. The minimum absolute atomic E-state index is 0.149.